The zero-order valence-electron chi connectivity index (χ0n) is 11.4. The van der Waals surface area contributed by atoms with Crippen molar-refractivity contribution in [2.75, 3.05) is 25.6 Å². The Bertz CT molecular complexity index is 558. The van der Waals surface area contributed by atoms with Crippen LogP contribution in [0, 0.1) is 5.92 Å². The SMILES string of the molecule is CCc1ccc(S(=O)(=O)CC(=O)OCC2COC2)cc1. The molecule has 1 fully saturated rings. The third-order valence-corrected chi connectivity index (χ3v) is 4.79. The molecule has 110 valence electrons. The summed E-state index contributed by atoms with van der Waals surface area (Å²) in [5.41, 5.74) is 1.05. The van der Waals surface area contributed by atoms with Crippen molar-refractivity contribution in [1.29, 1.82) is 0 Å². The Morgan fingerprint density at radius 1 is 1.30 bits per heavy atom. The van der Waals surface area contributed by atoms with Gasteiger partial charge in [-0.15, -0.1) is 0 Å². The maximum atomic E-state index is 12.0. The van der Waals surface area contributed by atoms with Crippen molar-refractivity contribution in [2.24, 2.45) is 5.92 Å². The van der Waals surface area contributed by atoms with E-state index in [4.69, 9.17) is 9.47 Å². The smallest absolute Gasteiger partial charge is 0.321 e. The van der Waals surface area contributed by atoms with Gasteiger partial charge in [-0.25, -0.2) is 8.42 Å². The summed E-state index contributed by atoms with van der Waals surface area (Å²) in [6, 6.07) is 6.57. The van der Waals surface area contributed by atoms with Crippen LogP contribution in [-0.4, -0.2) is 40.0 Å². The van der Waals surface area contributed by atoms with Crippen LogP contribution in [0.3, 0.4) is 0 Å². The summed E-state index contributed by atoms with van der Waals surface area (Å²) in [6.45, 7) is 3.35. The van der Waals surface area contributed by atoms with Crippen LogP contribution in [0.5, 0.6) is 0 Å². The average molecular weight is 298 g/mol. The van der Waals surface area contributed by atoms with Gasteiger partial charge in [0.15, 0.2) is 15.6 Å². The predicted octanol–water partition coefficient (Wildman–Crippen LogP) is 1.21. The van der Waals surface area contributed by atoms with Crippen molar-refractivity contribution in [2.45, 2.75) is 18.2 Å². The van der Waals surface area contributed by atoms with E-state index >= 15 is 0 Å². The maximum absolute atomic E-state index is 12.0. The minimum Gasteiger partial charge on any atom is -0.464 e. The Balaban J connectivity index is 1.92. The molecule has 0 unspecified atom stereocenters. The van der Waals surface area contributed by atoms with Gasteiger partial charge in [-0.05, 0) is 24.1 Å². The first-order valence-electron chi connectivity index (χ1n) is 6.56. The summed E-state index contributed by atoms with van der Waals surface area (Å²) in [7, 11) is -3.63. The summed E-state index contributed by atoms with van der Waals surface area (Å²) in [6.07, 6.45) is 0.839. The van der Waals surface area contributed by atoms with E-state index in [9.17, 15) is 13.2 Å². The molecule has 0 saturated carbocycles. The fourth-order valence-corrected chi connectivity index (χ4v) is 2.92. The van der Waals surface area contributed by atoms with Crippen LogP contribution in [-0.2, 0) is 30.5 Å². The Morgan fingerprint density at radius 3 is 2.45 bits per heavy atom. The minimum absolute atomic E-state index is 0.152. The molecular formula is C14H18O5S. The van der Waals surface area contributed by atoms with E-state index < -0.39 is 21.6 Å². The fourth-order valence-electron chi connectivity index (χ4n) is 1.80. The fraction of sp³-hybridized carbons (Fsp3) is 0.500. The molecular weight excluding hydrogens is 280 g/mol. The molecule has 1 aromatic rings. The number of hydrogen-bond donors (Lipinski definition) is 0. The van der Waals surface area contributed by atoms with Gasteiger partial charge in [0, 0.05) is 5.92 Å². The quantitative estimate of drug-likeness (QED) is 0.738. The molecule has 20 heavy (non-hydrogen) atoms. The first kappa shape index (κ1) is 15.0. The summed E-state index contributed by atoms with van der Waals surface area (Å²) in [5.74, 6) is -1.13. The second-order valence-electron chi connectivity index (χ2n) is 4.84. The molecule has 0 amide bonds. The summed E-state index contributed by atoms with van der Waals surface area (Å²) in [4.78, 5) is 11.7. The molecule has 5 nitrogen and oxygen atoms in total. The maximum Gasteiger partial charge on any atom is 0.321 e. The van der Waals surface area contributed by atoms with Gasteiger partial charge in [-0.1, -0.05) is 19.1 Å². The number of carbonyl (C=O) groups excluding carboxylic acids is 1. The molecule has 0 aliphatic carbocycles. The highest BCUT2D eigenvalue weighted by Crippen LogP contribution is 2.14. The number of ether oxygens (including phenoxy) is 2. The van der Waals surface area contributed by atoms with Gasteiger partial charge in [0.05, 0.1) is 24.7 Å². The molecule has 0 radical (unpaired) electrons. The number of hydrogen-bond acceptors (Lipinski definition) is 5. The summed E-state index contributed by atoms with van der Waals surface area (Å²) >= 11 is 0. The lowest BCUT2D eigenvalue weighted by Crippen LogP contribution is -2.33. The summed E-state index contributed by atoms with van der Waals surface area (Å²) < 4.78 is 34.0. The van der Waals surface area contributed by atoms with Crippen molar-refractivity contribution in [1.82, 2.24) is 0 Å². The number of esters is 1. The first-order valence-corrected chi connectivity index (χ1v) is 8.21. The standard InChI is InChI=1S/C14H18O5S/c1-2-11-3-5-13(6-4-11)20(16,17)10-14(15)19-9-12-7-18-8-12/h3-6,12H,2,7-10H2,1H3. The molecule has 6 heteroatoms. The molecule has 0 bridgehead atoms. The van der Waals surface area contributed by atoms with E-state index in [2.05, 4.69) is 0 Å². The van der Waals surface area contributed by atoms with Crippen molar-refractivity contribution < 1.29 is 22.7 Å². The second kappa shape index (κ2) is 6.37. The van der Waals surface area contributed by atoms with Crippen molar-refractivity contribution >= 4 is 15.8 Å². The lowest BCUT2D eigenvalue weighted by Gasteiger charge is -2.25. The Kier molecular flexibility index (Phi) is 4.77. The van der Waals surface area contributed by atoms with Crippen LogP contribution in [0.2, 0.25) is 0 Å². The monoisotopic (exact) mass is 298 g/mol. The molecule has 0 spiro atoms. The molecule has 2 rings (SSSR count). The number of sulfone groups is 1. The van der Waals surface area contributed by atoms with Gasteiger partial charge >= 0.3 is 5.97 Å². The highest BCUT2D eigenvalue weighted by molar-refractivity contribution is 7.92. The van der Waals surface area contributed by atoms with Crippen LogP contribution in [0.1, 0.15) is 12.5 Å². The number of carbonyl (C=O) groups is 1. The van der Waals surface area contributed by atoms with Crippen molar-refractivity contribution in [3.63, 3.8) is 0 Å². The molecule has 0 atom stereocenters. The van der Waals surface area contributed by atoms with Gasteiger partial charge in [0.25, 0.3) is 0 Å². The average Bonchev–Trinajstić information content (AvgIpc) is 2.36. The van der Waals surface area contributed by atoms with E-state index in [0.29, 0.717) is 13.2 Å². The van der Waals surface area contributed by atoms with E-state index in [1.54, 1.807) is 12.1 Å². The Morgan fingerprint density at radius 2 is 1.95 bits per heavy atom. The molecule has 0 aromatic heterocycles. The predicted molar refractivity (Wildman–Crippen MR) is 73.1 cm³/mol. The van der Waals surface area contributed by atoms with Crippen molar-refractivity contribution in [3.05, 3.63) is 29.8 Å². The Labute approximate surface area is 118 Å². The van der Waals surface area contributed by atoms with Crippen LogP contribution in [0.4, 0.5) is 0 Å². The van der Waals surface area contributed by atoms with E-state index in [1.807, 2.05) is 6.92 Å². The highest BCUT2D eigenvalue weighted by Gasteiger charge is 2.24. The number of rotatable bonds is 6. The topological polar surface area (TPSA) is 69.7 Å². The van der Waals surface area contributed by atoms with Crippen molar-refractivity contribution in [3.8, 4) is 0 Å². The molecule has 0 N–H and O–H groups in total. The van der Waals surface area contributed by atoms with Crippen LogP contribution < -0.4 is 0 Å². The normalized spacial score (nSPS) is 15.7. The first-order chi connectivity index (χ1) is 9.51. The molecule has 1 aliphatic rings. The van der Waals surface area contributed by atoms with Crippen LogP contribution in [0.25, 0.3) is 0 Å². The van der Waals surface area contributed by atoms with Crippen LogP contribution in [0.15, 0.2) is 29.2 Å². The highest BCUT2D eigenvalue weighted by atomic mass is 32.2. The van der Waals surface area contributed by atoms with E-state index in [1.165, 1.54) is 12.1 Å². The van der Waals surface area contributed by atoms with Gasteiger partial charge < -0.3 is 9.47 Å². The van der Waals surface area contributed by atoms with Crippen LogP contribution >= 0.6 is 0 Å². The van der Waals surface area contributed by atoms with E-state index in [-0.39, 0.29) is 17.4 Å². The third-order valence-electron chi connectivity index (χ3n) is 3.19. The van der Waals surface area contributed by atoms with Gasteiger partial charge in [-0.2, -0.15) is 0 Å². The van der Waals surface area contributed by atoms with Gasteiger partial charge in [-0.3, -0.25) is 4.79 Å². The van der Waals surface area contributed by atoms with Gasteiger partial charge in [0.1, 0.15) is 0 Å². The lowest BCUT2D eigenvalue weighted by molar-refractivity contribution is -0.147. The molecule has 1 heterocycles. The number of benzene rings is 1. The largest absolute Gasteiger partial charge is 0.464 e. The minimum atomic E-state index is -3.63. The Hall–Kier alpha value is -1.40. The molecule has 1 aromatic carbocycles. The second-order valence-corrected chi connectivity index (χ2v) is 6.83. The lowest BCUT2D eigenvalue weighted by atomic mass is 10.1. The zero-order chi connectivity index (χ0) is 14.6. The summed E-state index contributed by atoms with van der Waals surface area (Å²) in [5, 5.41) is 0. The van der Waals surface area contributed by atoms with Gasteiger partial charge in [0.2, 0.25) is 0 Å². The molecule has 1 saturated heterocycles. The number of aryl methyl sites for hydroxylation is 1. The zero-order valence-corrected chi connectivity index (χ0v) is 12.2. The molecule has 1 aliphatic heterocycles. The van der Waals surface area contributed by atoms with E-state index in [0.717, 1.165) is 12.0 Å². The third kappa shape index (κ3) is 3.80.